The van der Waals surface area contributed by atoms with E-state index in [2.05, 4.69) is 21.2 Å². The number of rotatable bonds is 4. The molecule has 0 amide bonds. The molecule has 1 aliphatic heterocycles. The molecule has 0 atom stereocenters. The third kappa shape index (κ3) is 3.77. The van der Waals surface area contributed by atoms with Crippen molar-refractivity contribution in [1.29, 1.82) is 0 Å². The second-order valence-corrected chi connectivity index (χ2v) is 8.95. The van der Waals surface area contributed by atoms with Crippen molar-refractivity contribution in [3.05, 3.63) is 47.5 Å². The van der Waals surface area contributed by atoms with Gasteiger partial charge in [0.1, 0.15) is 13.2 Å². The summed E-state index contributed by atoms with van der Waals surface area (Å²) >= 11 is 1.63. The van der Waals surface area contributed by atoms with Gasteiger partial charge in [0.25, 0.3) is 5.88 Å². The lowest BCUT2D eigenvalue weighted by molar-refractivity contribution is 0.165. The van der Waals surface area contributed by atoms with Gasteiger partial charge in [-0.05, 0) is 53.3 Å². The number of benzene rings is 1. The Morgan fingerprint density at radius 1 is 1.11 bits per heavy atom. The SMILES string of the molecule is Cc1cc(NS(C)(=O)=O)ccc1-c1cc(-c2ccnc3c2OCCO3)cs1. The van der Waals surface area contributed by atoms with Crippen LogP contribution in [0, 0.1) is 6.92 Å². The lowest BCUT2D eigenvalue weighted by Crippen LogP contribution is -2.16. The van der Waals surface area contributed by atoms with Crippen molar-refractivity contribution in [2.75, 3.05) is 24.2 Å². The van der Waals surface area contributed by atoms with Gasteiger partial charge in [-0.2, -0.15) is 0 Å². The zero-order chi connectivity index (χ0) is 19.0. The molecule has 1 aromatic carbocycles. The van der Waals surface area contributed by atoms with E-state index in [0.717, 1.165) is 33.4 Å². The fraction of sp³-hybridized carbons (Fsp3) is 0.211. The van der Waals surface area contributed by atoms with Crippen LogP contribution in [0.5, 0.6) is 11.6 Å². The highest BCUT2D eigenvalue weighted by atomic mass is 32.2. The van der Waals surface area contributed by atoms with Crippen LogP contribution >= 0.6 is 11.3 Å². The number of hydrogen-bond acceptors (Lipinski definition) is 6. The Kier molecular flexibility index (Phi) is 4.53. The smallest absolute Gasteiger partial charge is 0.257 e. The van der Waals surface area contributed by atoms with Crippen molar-refractivity contribution in [3.8, 4) is 33.2 Å². The highest BCUT2D eigenvalue weighted by Gasteiger charge is 2.19. The van der Waals surface area contributed by atoms with E-state index < -0.39 is 10.0 Å². The summed E-state index contributed by atoms with van der Waals surface area (Å²) in [5.41, 5.74) is 4.61. The van der Waals surface area contributed by atoms with Crippen molar-refractivity contribution < 1.29 is 17.9 Å². The molecule has 27 heavy (non-hydrogen) atoms. The highest BCUT2D eigenvalue weighted by Crippen LogP contribution is 2.42. The Morgan fingerprint density at radius 3 is 2.70 bits per heavy atom. The first kappa shape index (κ1) is 17.8. The Balaban J connectivity index is 1.68. The second-order valence-electron chi connectivity index (χ2n) is 6.29. The van der Waals surface area contributed by atoms with Crippen LogP contribution in [0.4, 0.5) is 5.69 Å². The van der Waals surface area contributed by atoms with Gasteiger partial charge >= 0.3 is 0 Å². The third-order valence-corrected chi connectivity index (χ3v) is 5.72. The number of aromatic nitrogens is 1. The van der Waals surface area contributed by atoms with Gasteiger partial charge in [0.15, 0.2) is 5.75 Å². The Bertz CT molecular complexity index is 1110. The molecule has 1 aliphatic rings. The molecule has 4 rings (SSSR count). The number of anilines is 1. The van der Waals surface area contributed by atoms with E-state index in [1.54, 1.807) is 23.6 Å². The van der Waals surface area contributed by atoms with Gasteiger partial charge in [-0.1, -0.05) is 6.07 Å². The van der Waals surface area contributed by atoms with Crippen LogP contribution in [0.25, 0.3) is 21.6 Å². The number of pyridine rings is 1. The van der Waals surface area contributed by atoms with Gasteiger partial charge < -0.3 is 9.47 Å². The maximum atomic E-state index is 11.4. The monoisotopic (exact) mass is 402 g/mol. The zero-order valence-corrected chi connectivity index (χ0v) is 16.5. The minimum atomic E-state index is -3.29. The van der Waals surface area contributed by atoms with E-state index in [1.165, 1.54) is 0 Å². The zero-order valence-electron chi connectivity index (χ0n) is 14.9. The average Bonchev–Trinajstić information content (AvgIpc) is 3.09. The molecule has 0 saturated heterocycles. The van der Waals surface area contributed by atoms with E-state index in [-0.39, 0.29) is 0 Å². The molecule has 140 valence electrons. The second kappa shape index (κ2) is 6.86. The fourth-order valence-electron chi connectivity index (χ4n) is 3.02. The first-order valence-electron chi connectivity index (χ1n) is 8.33. The number of nitrogens with zero attached hydrogens (tertiary/aromatic N) is 1. The van der Waals surface area contributed by atoms with Gasteiger partial charge in [0, 0.05) is 22.3 Å². The normalized spacial score (nSPS) is 13.4. The molecule has 0 bridgehead atoms. The molecule has 0 spiro atoms. The quantitative estimate of drug-likeness (QED) is 0.715. The Labute approximate surface area is 161 Å². The van der Waals surface area contributed by atoms with Crippen molar-refractivity contribution >= 4 is 27.0 Å². The molecule has 3 heterocycles. The molecular formula is C19H18N2O4S2. The maximum absolute atomic E-state index is 11.4. The Morgan fingerprint density at radius 2 is 1.93 bits per heavy atom. The van der Waals surface area contributed by atoms with Gasteiger partial charge in [0.05, 0.1) is 6.26 Å². The van der Waals surface area contributed by atoms with Crippen LogP contribution < -0.4 is 14.2 Å². The predicted molar refractivity (Wildman–Crippen MR) is 107 cm³/mol. The predicted octanol–water partition coefficient (Wildman–Crippen LogP) is 3.93. The van der Waals surface area contributed by atoms with Gasteiger partial charge in [0.2, 0.25) is 10.0 Å². The van der Waals surface area contributed by atoms with Gasteiger partial charge in [-0.3, -0.25) is 4.72 Å². The molecule has 0 radical (unpaired) electrons. The van der Waals surface area contributed by atoms with Crippen LogP contribution in [-0.4, -0.2) is 32.9 Å². The number of aryl methyl sites for hydroxylation is 1. The van der Waals surface area contributed by atoms with Crippen molar-refractivity contribution in [3.63, 3.8) is 0 Å². The first-order valence-corrected chi connectivity index (χ1v) is 11.1. The minimum absolute atomic E-state index is 0.505. The van der Waals surface area contributed by atoms with Crippen LogP contribution in [0.2, 0.25) is 0 Å². The molecular weight excluding hydrogens is 384 g/mol. The van der Waals surface area contributed by atoms with Crippen LogP contribution in [0.3, 0.4) is 0 Å². The van der Waals surface area contributed by atoms with Gasteiger partial charge in [-0.15, -0.1) is 11.3 Å². The summed E-state index contributed by atoms with van der Waals surface area (Å²) in [4.78, 5) is 5.32. The number of nitrogens with one attached hydrogen (secondary N) is 1. The summed E-state index contributed by atoms with van der Waals surface area (Å²) in [6.45, 7) is 2.98. The minimum Gasteiger partial charge on any atom is -0.484 e. The molecule has 3 aromatic rings. The van der Waals surface area contributed by atoms with Crippen LogP contribution in [0.1, 0.15) is 5.56 Å². The highest BCUT2D eigenvalue weighted by molar-refractivity contribution is 7.92. The molecule has 0 saturated carbocycles. The summed E-state index contributed by atoms with van der Waals surface area (Å²) in [5, 5.41) is 2.07. The van der Waals surface area contributed by atoms with E-state index in [9.17, 15) is 8.42 Å². The number of sulfonamides is 1. The number of fused-ring (bicyclic) bond motifs is 1. The molecule has 0 fully saturated rings. The average molecular weight is 402 g/mol. The van der Waals surface area contributed by atoms with Crippen LogP contribution in [-0.2, 0) is 10.0 Å². The van der Waals surface area contributed by atoms with Crippen molar-refractivity contribution in [1.82, 2.24) is 4.98 Å². The lowest BCUT2D eigenvalue weighted by Gasteiger charge is -2.19. The van der Waals surface area contributed by atoms with Crippen molar-refractivity contribution in [2.24, 2.45) is 0 Å². The van der Waals surface area contributed by atoms with Crippen LogP contribution in [0.15, 0.2) is 41.9 Å². The standard InChI is InChI=1S/C19H18N2O4S2/c1-12-9-14(21-27(2,22)23)3-4-15(12)17-10-13(11-26-17)16-5-6-20-19-18(16)24-7-8-25-19/h3-6,9-11,21H,7-8H2,1-2H3. The summed E-state index contributed by atoms with van der Waals surface area (Å²) in [6, 6.07) is 9.56. The largest absolute Gasteiger partial charge is 0.484 e. The molecule has 0 aliphatic carbocycles. The topological polar surface area (TPSA) is 77.5 Å². The summed E-state index contributed by atoms with van der Waals surface area (Å²) < 4.78 is 36.6. The molecule has 1 N–H and O–H groups in total. The molecule has 2 aromatic heterocycles. The summed E-state index contributed by atoms with van der Waals surface area (Å²) in [6.07, 6.45) is 2.86. The maximum Gasteiger partial charge on any atom is 0.257 e. The summed E-state index contributed by atoms with van der Waals surface area (Å²) in [7, 11) is -3.29. The summed E-state index contributed by atoms with van der Waals surface area (Å²) in [5.74, 6) is 1.21. The number of ether oxygens (including phenoxy) is 2. The lowest BCUT2D eigenvalue weighted by atomic mass is 10.0. The fourth-order valence-corrected chi connectivity index (χ4v) is 4.57. The molecule has 6 nitrogen and oxygen atoms in total. The molecule has 8 heteroatoms. The first-order chi connectivity index (χ1) is 12.9. The number of hydrogen-bond donors (Lipinski definition) is 1. The van der Waals surface area contributed by atoms with E-state index in [0.29, 0.717) is 30.5 Å². The van der Waals surface area contributed by atoms with Gasteiger partial charge in [-0.25, -0.2) is 13.4 Å². The number of thiophene rings is 1. The van der Waals surface area contributed by atoms with E-state index in [4.69, 9.17) is 9.47 Å². The van der Waals surface area contributed by atoms with Crippen molar-refractivity contribution in [2.45, 2.75) is 6.92 Å². The van der Waals surface area contributed by atoms with E-state index in [1.807, 2.05) is 25.1 Å². The molecule has 0 unspecified atom stereocenters. The third-order valence-electron chi connectivity index (χ3n) is 4.15. The van der Waals surface area contributed by atoms with E-state index >= 15 is 0 Å². The Hall–Kier alpha value is -2.58.